The quantitative estimate of drug-likeness (QED) is 0.737. The summed E-state index contributed by atoms with van der Waals surface area (Å²) in [5.41, 5.74) is 2.12. The van der Waals surface area contributed by atoms with E-state index in [1.165, 1.54) is 18.0 Å². The summed E-state index contributed by atoms with van der Waals surface area (Å²) in [6, 6.07) is 1.54. The van der Waals surface area contributed by atoms with Gasteiger partial charge in [-0.05, 0) is 25.8 Å². The fourth-order valence-corrected chi connectivity index (χ4v) is 3.45. The first-order valence-corrected chi connectivity index (χ1v) is 9.29. The van der Waals surface area contributed by atoms with Gasteiger partial charge in [-0.25, -0.2) is 9.97 Å². The molecule has 5 nitrogen and oxygen atoms in total. The van der Waals surface area contributed by atoms with E-state index < -0.39 is 0 Å². The molecule has 0 aliphatic heterocycles. The summed E-state index contributed by atoms with van der Waals surface area (Å²) in [5, 5.41) is 4.28. The van der Waals surface area contributed by atoms with Crippen LogP contribution >= 0.6 is 35.0 Å². The second-order valence-corrected chi connectivity index (χ2v) is 7.68. The number of thioether (sulfide) groups is 1. The Hall–Kier alpha value is -1.24. The first-order chi connectivity index (χ1) is 11.3. The summed E-state index contributed by atoms with van der Waals surface area (Å²) in [6.07, 6.45) is 1.44. The number of pyridine rings is 1. The summed E-state index contributed by atoms with van der Waals surface area (Å²) in [5.74, 6) is 0.854. The Labute approximate surface area is 156 Å². The monoisotopic (exact) mass is 386 g/mol. The van der Waals surface area contributed by atoms with Crippen molar-refractivity contribution in [3.8, 4) is 0 Å². The van der Waals surface area contributed by atoms with E-state index in [4.69, 9.17) is 23.2 Å². The molecule has 0 saturated carbocycles. The van der Waals surface area contributed by atoms with Crippen molar-refractivity contribution in [2.75, 3.05) is 11.1 Å². The smallest absolute Gasteiger partial charge is 0.236 e. The maximum atomic E-state index is 12.1. The lowest BCUT2D eigenvalue weighted by molar-refractivity contribution is -0.113. The van der Waals surface area contributed by atoms with E-state index >= 15 is 0 Å². The molecule has 0 radical (unpaired) electrons. The Morgan fingerprint density at radius 3 is 2.71 bits per heavy atom. The predicted molar refractivity (Wildman–Crippen MR) is 100 cm³/mol. The van der Waals surface area contributed by atoms with Gasteiger partial charge < -0.3 is 9.88 Å². The molecule has 0 aromatic carbocycles. The Bertz CT molecular complexity index is 746. The topological polar surface area (TPSA) is 59.8 Å². The van der Waals surface area contributed by atoms with Crippen LogP contribution in [0, 0.1) is 19.8 Å². The van der Waals surface area contributed by atoms with Crippen LogP contribution in [-0.2, 0) is 11.3 Å². The van der Waals surface area contributed by atoms with Crippen LogP contribution in [0.4, 0.5) is 5.82 Å². The highest BCUT2D eigenvalue weighted by Crippen LogP contribution is 2.25. The van der Waals surface area contributed by atoms with Gasteiger partial charge in [-0.1, -0.05) is 48.8 Å². The van der Waals surface area contributed by atoms with Crippen molar-refractivity contribution in [3.05, 3.63) is 33.7 Å². The highest BCUT2D eigenvalue weighted by atomic mass is 35.5. The Morgan fingerprint density at radius 1 is 1.38 bits per heavy atom. The number of carbonyl (C=O) groups excluding carboxylic acids is 1. The highest BCUT2D eigenvalue weighted by Gasteiger charge is 2.15. The third kappa shape index (κ3) is 4.88. The van der Waals surface area contributed by atoms with E-state index in [0.29, 0.717) is 21.8 Å². The van der Waals surface area contributed by atoms with Crippen LogP contribution in [-0.4, -0.2) is 26.2 Å². The molecule has 2 aromatic heterocycles. The van der Waals surface area contributed by atoms with Crippen molar-refractivity contribution in [1.29, 1.82) is 0 Å². The summed E-state index contributed by atoms with van der Waals surface area (Å²) in [6.45, 7) is 9.22. The lowest BCUT2D eigenvalue weighted by Gasteiger charge is -2.12. The molecule has 0 aliphatic carbocycles. The second-order valence-electron chi connectivity index (χ2n) is 5.89. The van der Waals surface area contributed by atoms with Gasteiger partial charge in [-0.3, -0.25) is 4.79 Å². The van der Waals surface area contributed by atoms with Crippen molar-refractivity contribution in [3.63, 3.8) is 0 Å². The number of carbonyl (C=O) groups is 1. The van der Waals surface area contributed by atoms with Gasteiger partial charge in [-0.2, -0.15) is 0 Å². The van der Waals surface area contributed by atoms with Crippen LogP contribution < -0.4 is 5.32 Å². The van der Waals surface area contributed by atoms with Crippen LogP contribution in [0.5, 0.6) is 0 Å². The van der Waals surface area contributed by atoms with E-state index in [0.717, 1.165) is 23.1 Å². The third-order valence-electron chi connectivity index (χ3n) is 3.37. The van der Waals surface area contributed by atoms with Crippen LogP contribution in [0.15, 0.2) is 17.4 Å². The fourth-order valence-electron chi connectivity index (χ4n) is 2.12. The van der Waals surface area contributed by atoms with E-state index in [1.54, 1.807) is 6.07 Å². The van der Waals surface area contributed by atoms with Gasteiger partial charge in [-0.15, -0.1) is 0 Å². The molecular formula is C16H20Cl2N4OS. The molecule has 0 fully saturated rings. The molecule has 24 heavy (non-hydrogen) atoms. The number of hydrogen-bond acceptors (Lipinski definition) is 4. The molecule has 2 rings (SSSR count). The number of halogens is 2. The molecule has 0 bridgehead atoms. The van der Waals surface area contributed by atoms with E-state index in [-0.39, 0.29) is 11.7 Å². The molecule has 0 spiro atoms. The maximum absolute atomic E-state index is 12.1. The molecular weight excluding hydrogens is 367 g/mol. The first kappa shape index (κ1) is 19.1. The normalized spacial score (nSPS) is 11.1. The van der Waals surface area contributed by atoms with Crippen LogP contribution in [0.1, 0.15) is 25.2 Å². The number of anilines is 1. The summed E-state index contributed by atoms with van der Waals surface area (Å²) < 4.78 is 2.16. The predicted octanol–water partition coefficient (Wildman–Crippen LogP) is 4.59. The minimum absolute atomic E-state index is 0.189. The summed E-state index contributed by atoms with van der Waals surface area (Å²) >= 11 is 13.2. The van der Waals surface area contributed by atoms with Gasteiger partial charge >= 0.3 is 0 Å². The molecule has 0 atom stereocenters. The minimum atomic E-state index is -0.189. The van der Waals surface area contributed by atoms with Crippen LogP contribution in [0.25, 0.3) is 0 Å². The van der Waals surface area contributed by atoms with Crippen molar-refractivity contribution in [2.45, 2.75) is 39.4 Å². The Morgan fingerprint density at radius 2 is 2.08 bits per heavy atom. The number of imidazole rings is 1. The van der Waals surface area contributed by atoms with Gasteiger partial charge in [0.05, 0.1) is 21.5 Å². The largest absolute Gasteiger partial charge is 0.323 e. The number of rotatable bonds is 6. The average Bonchev–Trinajstić information content (AvgIpc) is 2.75. The van der Waals surface area contributed by atoms with Crippen LogP contribution in [0.3, 0.4) is 0 Å². The molecule has 1 N–H and O–H groups in total. The molecule has 130 valence electrons. The highest BCUT2D eigenvalue weighted by molar-refractivity contribution is 7.99. The molecule has 1 amide bonds. The molecule has 0 unspecified atom stereocenters. The van der Waals surface area contributed by atoms with Crippen molar-refractivity contribution >= 4 is 46.7 Å². The van der Waals surface area contributed by atoms with Gasteiger partial charge in [0.1, 0.15) is 0 Å². The number of aryl methyl sites for hydroxylation is 1. The number of amides is 1. The molecule has 0 aliphatic rings. The van der Waals surface area contributed by atoms with Gasteiger partial charge in [0.2, 0.25) is 5.91 Å². The summed E-state index contributed by atoms with van der Waals surface area (Å²) in [4.78, 5) is 20.7. The zero-order valence-corrected chi connectivity index (χ0v) is 16.4. The Kier molecular flexibility index (Phi) is 6.54. The zero-order chi connectivity index (χ0) is 17.9. The standard InChI is InChI=1S/C16H20Cl2N4OS/c1-9(2)7-22-11(4)10(3)20-16(22)24-8-14(23)21-15-13(18)5-12(17)6-19-15/h5-6,9H,7-8H2,1-4H3,(H,19,21,23). The molecule has 0 saturated heterocycles. The van der Waals surface area contributed by atoms with Crippen molar-refractivity contribution in [2.24, 2.45) is 5.92 Å². The zero-order valence-electron chi connectivity index (χ0n) is 14.1. The number of nitrogens with zero attached hydrogens (tertiary/aromatic N) is 3. The van der Waals surface area contributed by atoms with Gasteiger partial charge in [0.25, 0.3) is 0 Å². The first-order valence-electron chi connectivity index (χ1n) is 7.55. The van der Waals surface area contributed by atoms with Gasteiger partial charge in [0.15, 0.2) is 11.0 Å². The molecule has 2 heterocycles. The number of aromatic nitrogens is 3. The number of nitrogens with one attached hydrogen (secondary N) is 1. The van der Waals surface area contributed by atoms with Crippen molar-refractivity contribution < 1.29 is 4.79 Å². The van der Waals surface area contributed by atoms with Gasteiger partial charge in [0, 0.05) is 18.4 Å². The van der Waals surface area contributed by atoms with E-state index in [2.05, 4.69) is 33.7 Å². The SMILES string of the molecule is Cc1nc(SCC(=O)Nc2ncc(Cl)cc2Cl)n(CC(C)C)c1C. The molecule has 2 aromatic rings. The maximum Gasteiger partial charge on any atom is 0.236 e. The lowest BCUT2D eigenvalue weighted by atomic mass is 10.2. The Balaban J connectivity index is 2.02. The third-order valence-corrected chi connectivity index (χ3v) is 4.84. The van der Waals surface area contributed by atoms with Crippen LogP contribution in [0.2, 0.25) is 10.0 Å². The van der Waals surface area contributed by atoms with Crippen molar-refractivity contribution in [1.82, 2.24) is 14.5 Å². The fraction of sp³-hybridized carbons (Fsp3) is 0.438. The van der Waals surface area contributed by atoms with E-state index in [1.807, 2.05) is 13.8 Å². The minimum Gasteiger partial charge on any atom is -0.323 e. The second kappa shape index (κ2) is 8.23. The lowest BCUT2D eigenvalue weighted by Crippen LogP contribution is -2.16. The number of hydrogen-bond donors (Lipinski definition) is 1. The molecule has 8 heteroatoms. The average molecular weight is 387 g/mol. The van der Waals surface area contributed by atoms with E-state index in [9.17, 15) is 4.79 Å². The summed E-state index contributed by atoms with van der Waals surface area (Å²) in [7, 11) is 0.